The second-order valence-electron chi connectivity index (χ2n) is 4.94. The number of nitrogens with zero attached hydrogens (tertiary/aromatic N) is 2. The summed E-state index contributed by atoms with van der Waals surface area (Å²) >= 11 is 0. The van der Waals surface area contributed by atoms with Crippen LogP contribution < -0.4 is 5.56 Å². The fourth-order valence-electron chi connectivity index (χ4n) is 2.62. The average Bonchev–Trinajstić information content (AvgIpc) is 2.56. The SMILES string of the molecule is O=c1c(-c2ccccc2)cnc2c3ccccc3ccn12. The van der Waals surface area contributed by atoms with E-state index in [1.807, 2.05) is 60.7 Å². The van der Waals surface area contributed by atoms with Crippen LogP contribution in [0, 0.1) is 0 Å². The van der Waals surface area contributed by atoms with Gasteiger partial charge in [-0.1, -0.05) is 54.6 Å². The molecule has 0 atom stereocenters. The predicted octanol–water partition coefficient (Wildman–Crippen LogP) is 3.51. The molecule has 0 aliphatic carbocycles. The van der Waals surface area contributed by atoms with Crippen LogP contribution in [0.25, 0.3) is 27.5 Å². The summed E-state index contributed by atoms with van der Waals surface area (Å²) < 4.78 is 1.62. The molecule has 0 unspecified atom stereocenters. The summed E-state index contributed by atoms with van der Waals surface area (Å²) in [5.74, 6) is 0. The van der Waals surface area contributed by atoms with Crippen molar-refractivity contribution in [2.24, 2.45) is 0 Å². The number of hydrogen-bond donors (Lipinski definition) is 0. The van der Waals surface area contributed by atoms with Gasteiger partial charge >= 0.3 is 0 Å². The van der Waals surface area contributed by atoms with Crippen LogP contribution in [0.5, 0.6) is 0 Å². The molecule has 100 valence electrons. The summed E-state index contributed by atoms with van der Waals surface area (Å²) in [4.78, 5) is 17.2. The largest absolute Gasteiger partial charge is 0.268 e. The minimum absolute atomic E-state index is 0.0445. The van der Waals surface area contributed by atoms with Gasteiger partial charge in [-0.25, -0.2) is 4.98 Å². The fraction of sp³-hybridized carbons (Fsp3) is 0. The zero-order valence-corrected chi connectivity index (χ0v) is 11.2. The maximum Gasteiger partial charge on any atom is 0.265 e. The highest BCUT2D eigenvalue weighted by Gasteiger charge is 2.08. The summed E-state index contributed by atoms with van der Waals surface area (Å²) in [6.45, 7) is 0. The Bertz CT molecular complexity index is 1000. The second-order valence-corrected chi connectivity index (χ2v) is 4.94. The Morgan fingerprint density at radius 1 is 0.857 bits per heavy atom. The zero-order chi connectivity index (χ0) is 14.2. The smallest absolute Gasteiger partial charge is 0.265 e. The molecule has 0 saturated carbocycles. The molecular formula is C18H12N2O. The molecule has 21 heavy (non-hydrogen) atoms. The van der Waals surface area contributed by atoms with Gasteiger partial charge in [0, 0.05) is 17.8 Å². The summed E-state index contributed by atoms with van der Waals surface area (Å²) in [6.07, 6.45) is 3.46. The normalized spacial score (nSPS) is 11.0. The summed E-state index contributed by atoms with van der Waals surface area (Å²) in [6, 6.07) is 19.5. The van der Waals surface area contributed by atoms with Crippen LogP contribution in [0.4, 0.5) is 0 Å². The molecular weight excluding hydrogens is 260 g/mol. The van der Waals surface area contributed by atoms with Crippen molar-refractivity contribution in [3.8, 4) is 11.1 Å². The highest BCUT2D eigenvalue weighted by atomic mass is 16.1. The molecule has 0 aliphatic rings. The molecule has 0 saturated heterocycles. The van der Waals surface area contributed by atoms with Gasteiger partial charge in [-0.2, -0.15) is 0 Å². The van der Waals surface area contributed by atoms with Crippen molar-refractivity contribution in [2.75, 3.05) is 0 Å². The van der Waals surface area contributed by atoms with E-state index in [0.717, 1.165) is 16.3 Å². The molecule has 0 amide bonds. The summed E-state index contributed by atoms with van der Waals surface area (Å²) in [5, 5.41) is 2.06. The molecule has 4 aromatic rings. The van der Waals surface area contributed by atoms with Gasteiger partial charge < -0.3 is 0 Å². The van der Waals surface area contributed by atoms with Crippen molar-refractivity contribution >= 4 is 16.4 Å². The van der Waals surface area contributed by atoms with Crippen LogP contribution in [0.15, 0.2) is 77.9 Å². The number of hydrogen-bond acceptors (Lipinski definition) is 2. The molecule has 0 spiro atoms. The van der Waals surface area contributed by atoms with Crippen LogP contribution in [0.3, 0.4) is 0 Å². The monoisotopic (exact) mass is 272 g/mol. The van der Waals surface area contributed by atoms with Gasteiger partial charge in [0.1, 0.15) is 5.65 Å². The molecule has 2 aromatic heterocycles. The molecule has 0 aliphatic heterocycles. The molecule has 3 nitrogen and oxygen atoms in total. The minimum Gasteiger partial charge on any atom is -0.268 e. The van der Waals surface area contributed by atoms with Crippen LogP contribution in [-0.4, -0.2) is 9.38 Å². The minimum atomic E-state index is -0.0445. The molecule has 4 rings (SSSR count). The first-order chi connectivity index (χ1) is 10.3. The van der Waals surface area contributed by atoms with E-state index in [1.165, 1.54) is 0 Å². The van der Waals surface area contributed by atoms with Crippen LogP contribution in [0.1, 0.15) is 0 Å². The van der Waals surface area contributed by atoms with E-state index >= 15 is 0 Å². The summed E-state index contributed by atoms with van der Waals surface area (Å²) in [5.41, 5.74) is 2.15. The first-order valence-electron chi connectivity index (χ1n) is 6.79. The second kappa shape index (κ2) is 4.56. The third-order valence-corrected chi connectivity index (χ3v) is 3.68. The van der Waals surface area contributed by atoms with Crippen molar-refractivity contribution < 1.29 is 0 Å². The lowest BCUT2D eigenvalue weighted by Gasteiger charge is -2.07. The Balaban J connectivity index is 2.09. The third-order valence-electron chi connectivity index (χ3n) is 3.68. The number of aromatic nitrogens is 2. The van der Waals surface area contributed by atoms with E-state index in [4.69, 9.17) is 0 Å². The van der Waals surface area contributed by atoms with Crippen molar-refractivity contribution in [3.63, 3.8) is 0 Å². The Morgan fingerprint density at radius 3 is 2.48 bits per heavy atom. The Morgan fingerprint density at radius 2 is 1.62 bits per heavy atom. The van der Waals surface area contributed by atoms with E-state index in [0.29, 0.717) is 11.2 Å². The molecule has 2 heterocycles. The predicted molar refractivity (Wildman–Crippen MR) is 84.4 cm³/mol. The van der Waals surface area contributed by atoms with Gasteiger partial charge in [0.05, 0.1) is 5.56 Å². The van der Waals surface area contributed by atoms with Gasteiger partial charge in [-0.05, 0) is 17.0 Å². The number of pyridine rings is 1. The van der Waals surface area contributed by atoms with E-state index in [2.05, 4.69) is 4.98 Å². The first-order valence-corrected chi connectivity index (χ1v) is 6.79. The molecule has 0 bridgehead atoms. The van der Waals surface area contributed by atoms with Crippen molar-refractivity contribution in [1.29, 1.82) is 0 Å². The molecule has 0 radical (unpaired) electrons. The van der Waals surface area contributed by atoms with E-state index in [9.17, 15) is 4.79 Å². The zero-order valence-electron chi connectivity index (χ0n) is 11.2. The maximum atomic E-state index is 12.7. The van der Waals surface area contributed by atoms with Crippen molar-refractivity contribution in [3.05, 3.63) is 83.4 Å². The number of rotatable bonds is 1. The van der Waals surface area contributed by atoms with E-state index < -0.39 is 0 Å². The standard InChI is InChI=1S/C18H12N2O/c21-18-16(13-6-2-1-3-7-13)12-19-17-15-9-5-4-8-14(15)10-11-20(17)18/h1-12H. The highest BCUT2D eigenvalue weighted by Crippen LogP contribution is 2.19. The third kappa shape index (κ3) is 1.82. The van der Waals surface area contributed by atoms with Gasteiger partial charge in [0.15, 0.2) is 0 Å². The lowest BCUT2D eigenvalue weighted by Crippen LogP contribution is -2.16. The molecule has 0 N–H and O–H groups in total. The van der Waals surface area contributed by atoms with Gasteiger partial charge in [-0.15, -0.1) is 0 Å². The van der Waals surface area contributed by atoms with E-state index in [1.54, 1.807) is 16.8 Å². The van der Waals surface area contributed by atoms with Crippen molar-refractivity contribution in [2.45, 2.75) is 0 Å². The average molecular weight is 272 g/mol. The molecule has 2 aromatic carbocycles. The highest BCUT2D eigenvalue weighted by molar-refractivity contribution is 5.93. The molecule has 3 heteroatoms. The topological polar surface area (TPSA) is 34.4 Å². The quantitative estimate of drug-likeness (QED) is 0.497. The maximum absolute atomic E-state index is 12.7. The number of fused-ring (bicyclic) bond motifs is 3. The Kier molecular flexibility index (Phi) is 2.57. The number of benzene rings is 2. The Labute approximate surface area is 121 Å². The van der Waals surface area contributed by atoms with Crippen molar-refractivity contribution in [1.82, 2.24) is 9.38 Å². The lowest BCUT2D eigenvalue weighted by atomic mass is 10.1. The van der Waals surface area contributed by atoms with Crippen LogP contribution in [0.2, 0.25) is 0 Å². The fourth-order valence-corrected chi connectivity index (χ4v) is 2.62. The van der Waals surface area contributed by atoms with Gasteiger partial charge in [0.2, 0.25) is 0 Å². The first kappa shape index (κ1) is 11.9. The van der Waals surface area contributed by atoms with E-state index in [-0.39, 0.29) is 5.56 Å². The Hall–Kier alpha value is -2.94. The van der Waals surface area contributed by atoms with Gasteiger partial charge in [-0.3, -0.25) is 9.20 Å². The van der Waals surface area contributed by atoms with Crippen LogP contribution >= 0.6 is 0 Å². The van der Waals surface area contributed by atoms with Crippen LogP contribution in [-0.2, 0) is 0 Å². The molecule has 0 fully saturated rings. The van der Waals surface area contributed by atoms with Gasteiger partial charge in [0.25, 0.3) is 5.56 Å². The lowest BCUT2D eigenvalue weighted by molar-refractivity contribution is 1.06. The summed E-state index contributed by atoms with van der Waals surface area (Å²) in [7, 11) is 0.